The molecule has 3 rings (SSSR count). The van der Waals surface area contributed by atoms with Gasteiger partial charge >= 0.3 is 0 Å². The van der Waals surface area contributed by atoms with Crippen molar-refractivity contribution in [1.29, 1.82) is 0 Å². The third-order valence-electron chi connectivity index (χ3n) is 4.59. The van der Waals surface area contributed by atoms with Crippen molar-refractivity contribution in [3.05, 3.63) is 64.7 Å². The van der Waals surface area contributed by atoms with Crippen molar-refractivity contribution in [2.24, 2.45) is 5.92 Å². The average molecular weight is 379 g/mol. The van der Waals surface area contributed by atoms with Gasteiger partial charge in [0.05, 0.1) is 5.69 Å². The molecule has 1 aliphatic heterocycles. The Morgan fingerprint density at radius 2 is 1.96 bits per heavy atom. The Morgan fingerprint density at radius 3 is 2.69 bits per heavy atom. The molecule has 7 heteroatoms. The predicted molar refractivity (Wildman–Crippen MR) is 94.9 cm³/mol. The van der Waals surface area contributed by atoms with E-state index in [2.05, 4.69) is 5.32 Å². The second-order valence-electron chi connectivity index (χ2n) is 6.28. The average Bonchev–Trinajstić information content (AvgIpc) is 2.61. The molecule has 1 aliphatic rings. The zero-order valence-corrected chi connectivity index (χ0v) is 14.8. The van der Waals surface area contributed by atoms with Crippen molar-refractivity contribution in [2.45, 2.75) is 12.3 Å². The van der Waals surface area contributed by atoms with Crippen LogP contribution in [0.25, 0.3) is 0 Å². The number of carbonyl (C=O) groups excluding carboxylic acids is 2. The molecule has 1 fully saturated rings. The monoisotopic (exact) mass is 378 g/mol. The summed E-state index contributed by atoms with van der Waals surface area (Å²) in [4.78, 5) is 26.9. The first-order valence-corrected chi connectivity index (χ1v) is 8.51. The molecule has 0 spiro atoms. The molecule has 1 saturated heterocycles. The fraction of sp³-hybridized carbons (Fsp3) is 0.263. The summed E-state index contributed by atoms with van der Waals surface area (Å²) in [5, 5.41) is 2.86. The number of hydrogen-bond donors (Lipinski definition) is 1. The molecule has 0 saturated carbocycles. The van der Waals surface area contributed by atoms with Gasteiger partial charge in [0.1, 0.15) is 5.92 Å². The van der Waals surface area contributed by atoms with E-state index in [0.717, 1.165) is 11.6 Å². The number of hydrogen-bond acceptors (Lipinski definition) is 2. The van der Waals surface area contributed by atoms with Crippen molar-refractivity contribution in [3.8, 4) is 0 Å². The smallest absolute Gasteiger partial charge is 0.237 e. The van der Waals surface area contributed by atoms with Crippen LogP contribution in [0.15, 0.2) is 42.5 Å². The Kier molecular flexibility index (Phi) is 5.23. The van der Waals surface area contributed by atoms with E-state index < -0.39 is 29.4 Å². The summed E-state index contributed by atoms with van der Waals surface area (Å²) in [5.41, 5.74) is 0.472. The Balaban J connectivity index is 1.92. The topological polar surface area (TPSA) is 49.4 Å². The maximum atomic E-state index is 13.9. The minimum absolute atomic E-state index is 0.291. The molecule has 0 aliphatic carbocycles. The fourth-order valence-corrected chi connectivity index (χ4v) is 3.42. The van der Waals surface area contributed by atoms with Crippen LogP contribution in [0.5, 0.6) is 0 Å². The van der Waals surface area contributed by atoms with Gasteiger partial charge in [0, 0.05) is 24.5 Å². The lowest BCUT2D eigenvalue weighted by atomic mass is 9.79. The first-order chi connectivity index (χ1) is 12.4. The Hall–Kier alpha value is -2.47. The predicted octanol–water partition coefficient (Wildman–Crippen LogP) is 3.82. The molecule has 26 heavy (non-hydrogen) atoms. The second kappa shape index (κ2) is 7.41. The van der Waals surface area contributed by atoms with Gasteiger partial charge in [-0.1, -0.05) is 29.8 Å². The number of anilines is 1. The molecule has 4 nitrogen and oxygen atoms in total. The van der Waals surface area contributed by atoms with Gasteiger partial charge in [-0.2, -0.15) is 0 Å². The number of halogens is 3. The van der Waals surface area contributed by atoms with Gasteiger partial charge in [-0.05, 0) is 36.2 Å². The third-order valence-corrected chi connectivity index (χ3v) is 4.82. The number of likely N-dealkylation sites (tertiary alicyclic amines) is 1. The maximum Gasteiger partial charge on any atom is 0.237 e. The fourth-order valence-electron chi connectivity index (χ4n) is 3.22. The largest absolute Gasteiger partial charge is 0.345 e. The number of piperidine rings is 1. The normalized spacial score (nSPS) is 20.2. The number of nitrogens with one attached hydrogen (secondary N) is 1. The maximum absolute atomic E-state index is 13.9. The number of nitrogens with zero attached hydrogens (tertiary/aromatic N) is 1. The summed E-state index contributed by atoms with van der Waals surface area (Å²) >= 11 is 6.04. The Labute approximate surface area is 154 Å². The molecule has 136 valence electrons. The number of benzene rings is 2. The summed E-state index contributed by atoms with van der Waals surface area (Å²) in [7, 11) is 1.61. The summed E-state index contributed by atoms with van der Waals surface area (Å²) in [6.45, 7) is 0.494. The third kappa shape index (κ3) is 3.55. The van der Waals surface area contributed by atoms with Gasteiger partial charge in [0.25, 0.3) is 0 Å². The van der Waals surface area contributed by atoms with Crippen LogP contribution in [0, 0.1) is 17.6 Å². The van der Waals surface area contributed by atoms with E-state index in [-0.39, 0.29) is 11.6 Å². The minimum Gasteiger partial charge on any atom is -0.345 e. The molecule has 1 heterocycles. The SMILES string of the molecule is CN1CC[C@H](c2cccc(Cl)c2)[C@@H](C(=O)Nc2cccc(F)c2F)C1=O. The van der Waals surface area contributed by atoms with E-state index in [1.807, 2.05) is 0 Å². The van der Waals surface area contributed by atoms with Crippen molar-refractivity contribution in [3.63, 3.8) is 0 Å². The number of amides is 2. The molecule has 2 amide bonds. The van der Waals surface area contributed by atoms with Crippen molar-refractivity contribution in [2.75, 3.05) is 18.9 Å². The van der Waals surface area contributed by atoms with Gasteiger partial charge < -0.3 is 10.2 Å². The Bertz CT molecular complexity index is 859. The summed E-state index contributed by atoms with van der Waals surface area (Å²) in [5.74, 6) is -4.70. The van der Waals surface area contributed by atoms with Crippen LogP contribution < -0.4 is 5.32 Å². The van der Waals surface area contributed by atoms with E-state index in [9.17, 15) is 18.4 Å². The lowest BCUT2D eigenvalue weighted by Crippen LogP contribution is -2.47. The highest BCUT2D eigenvalue weighted by atomic mass is 35.5. The molecule has 1 N–H and O–H groups in total. The first kappa shape index (κ1) is 18.3. The minimum atomic E-state index is -1.16. The molecule has 2 aromatic rings. The number of rotatable bonds is 3. The standard InChI is InChI=1S/C19H17ClF2N2O2/c1-24-9-8-13(11-4-2-5-12(20)10-11)16(19(24)26)18(25)23-15-7-3-6-14(21)17(15)22/h2-7,10,13,16H,8-9H2,1H3,(H,23,25)/t13-,16+/m1/s1. The highest BCUT2D eigenvalue weighted by molar-refractivity contribution is 6.30. The molecular formula is C19H17ClF2N2O2. The van der Waals surface area contributed by atoms with Crippen LogP contribution in [0.4, 0.5) is 14.5 Å². The second-order valence-corrected chi connectivity index (χ2v) is 6.71. The van der Waals surface area contributed by atoms with Crippen LogP contribution in [-0.2, 0) is 9.59 Å². The van der Waals surface area contributed by atoms with Gasteiger partial charge in [-0.15, -0.1) is 0 Å². The summed E-state index contributed by atoms with van der Waals surface area (Å²) in [6.07, 6.45) is 0.562. The van der Waals surface area contributed by atoms with Crippen LogP contribution >= 0.6 is 11.6 Å². The first-order valence-electron chi connectivity index (χ1n) is 8.14. The van der Waals surface area contributed by atoms with Gasteiger partial charge in [-0.3, -0.25) is 9.59 Å². The van der Waals surface area contributed by atoms with E-state index in [1.165, 1.54) is 17.0 Å². The highest BCUT2D eigenvalue weighted by Crippen LogP contribution is 2.35. The lowest BCUT2D eigenvalue weighted by Gasteiger charge is -2.35. The van der Waals surface area contributed by atoms with Crippen LogP contribution in [-0.4, -0.2) is 30.3 Å². The molecule has 0 unspecified atom stereocenters. The Morgan fingerprint density at radius 1 is 1.23 bits per heavy atom. The quantitative estimate of drug-likeness (QED) is 0.825. The molecule has 2 atom stereocenters. The van der Waals surface area contributed by atoms with E-state index >= 15 is 0 Å². The van der Waals surface area contributed by atoms with Gasteiger partial charge in [-0.25, -0.2) is 8.78 Å². The van der Waals surface area contributed by atoms with E-state index in [4.69, 9.17) is 11.6 Å². The van der Waals surface area contributed by atoms with E-state index in [0.29, 0.717) is 18.0 Å². The zero-order chi connectivity index (χ0) is 18.8. The number of carbonyl (C=O) groups is 2. The molecule has 2 aromatic carbocycles. The highest BCUT2D eigenvalue weighted by Gasteiger charge is 2.41. The van der Waals surface area contributed by atoms with Crippen molar-refractivity contribution >= 4 is 29.1 Å². The van der Waals surface area contributed by atoms with Crippen LogP contribution in [0.2, 0.25) is 5.02 Å². The molecule has 0 bridgehead atoms. The van der Waals surface area contributed by atoms with Gasteiger partial charge in [0.2, 0.25) is 11.8 Å². The van der Waals surface area contributed by atoms with Crippen LogP contribution in [0.1, 0.15) is 17.9 Å². The van der Waals surface area contributed by atoms with Gasteiger partial charge in [0.15, 0.2) is 11.6 Å². The molecular weight excluding hydrogens is 362 g/mol. The lowest BCUT2D eigenvalue weighted by molar-refractivity contribution is -0.143. The summed E-state index contributed by atoms with van der Waals surface area (Å²) < 4.78 is 27.3. The summed E-state index contributed by atoms with van der Waals surface area (Å²) in [6, 6.07) is 10.5. The molecule has 0 aromatic heterocycles. The van der Waals surface area contributed by atoms with Crippen molar-refractivity contribution < 1.29 is 18.4 Å². The molecule has 0 radical (unpaired) electrons. The van der Waals surface area contributed by atoms with E-state index in [1.54, 1.807) is 31.3 Å². The zero-order valence-electron chi connectivity index (χ0n) is 14.0. The van der Waals surface area contributed by atoms with Crippen LogP contribution in [0.3, 0.4) is 0 Å². The van der Waals surface area contributed by atoms with Crippen molar-refractivity contribution in [1.82, 2.24) is 4.90 Å².